The molecule has 0 aliphatic heterocycles. The van der Waals surface area contributed by atoms with Gasteiger partial charge in [-0.05, 0) is 18.4 Å². The Hall–Kier alpha value is -3.66. The van der Waals surface area contributed by atoms with E-state index < -0.39 is 11.7 Å². The fourth-order valence-corrected chi connectivity index (χ4v) is 2.74. The van der Waals surface area contributed by atoms with Crippen LogP contribution in [0.5, 0.6) is 5.75 Å². The molecule has 3 rings (SSSR count). The van der Waals surface area contributed by atoms with Crippen LogP contribution in [0, 0.1) is 25.1 Å². The molecule has 0 bridgehead atoms. The highest BCUT2D eigenvalue weighted by atomic mass is 19.1. The van der Waals surface area contributed by atoms with Crippen molar-refractivity contribution in [3.63, 3.8) is 0 Å². The van der Waals surface area contributed by atoms with Gasteiger partial charge in [-0.25, -0.2) is 9.07 Å². The van der Waals surface area contributed by atoms with Crippen LogP contribution in [0.25, 0.3) is 10.8 Å². The molecule has 1 heterocycles. The van der Waals surface area contributed by atoms with Gasteiger partial charge >= 0.3 is 0 Å². The first kappa shape index (κ1) is 18.1. The van der Waals surface area contributed by atoms with Crippen LogP contribution in [0.1, 0.15) is 22.9 Å². The van der Waals surface area contributed by atoms with E-state index in [4.69, 9.17) is 11.3 Å². The van der Waals surface area contributed by atoms with Gasteiger partial charge in [0.2, 0.25) is 6.10 Å². The number of oxime groups is 1. The van der Waals surface area contributed by atoms with Crippen LogP contribution in [0.2, 0.25) is 0 Å². The van der Waals surface area contributed by atoms with Crippen molar-refractivity contribution in [1.82, 2.24) is 9.78 Å². The van der Waals surface area contributed by atoms with Crippen molar-refractivity contribution in [3.05, 3.63) is 69.4 Å². The number of halogens is 1. The Morgan fingerprint density at radius 3 is 2.74 bits per heavy atom. The maximum Gasteiger partial charge on any atom is 0.279 e. The van der Waals surface area contributed by atoms with Crippen molar-refractivity contribution in [1.29, 1.82) is 0 Å². The van der Waals surface area contributed by atoms with E-state index in [-0.39, 0.29) is 22.8 Å². The molecule has 0 radical (unpaired) electrons. The van der Waals surface area contributed by atoms with Gasteiger partial charge < -0.3 is 9.94 Å². The van der Waals surface area contributed by atoms with Gasteiger partial charge in [0.05, 0.1) is 6.21 Å². The Morgan fingerprint density at radius 2 is 2.04 bits per heavy atom. The minimum absolute atomic E-state index is 0.0651. The van der Waals surface area contributed by atoms with E-state index in [1.807, 2.05) is 0 Å². The molecule has 0 aliphatic rings. The van der Waals surface area contributed by atoms with E-state index >= 15 is 0 Å². The predicted octanol–water partition coefficient (Wildman–Crippen LogP) is 2.81. The second-order valence-corrected chi connectivity index (χ2v) is 5.85. The van der Waals surface area contributed by atoms with Crippen molar-refractivity contribution in [3.8, 4) is 18.1 Å². The second-order valence-electron chi connectivity index (χ2n) is 5.85. The number of aromatic nitrogens is 2. The van der Waals surface area contributed by atoms with E-state index in [0.717, 1.165) is 10.9 Å². The van der Waals surface area contributed by atoms with Crippen LogP contribution in [0.4, 0.5) is 4.39 Å². The number of hydrogen-bond acceptors (Lipinski definition) is 5. The van der Waals surface area contributed by atoms with Gasteiger partial charge in [-0.2, -0.15) is 5.10 Å². The molecule has 3 aromatic rings. The lowest BCUT2D eigenvalue weighted by Crippen LogP contribution is -2.24. The molecule has 1 aromatic heterocycles. The number of fused-ring (bicyclic) bond motifs is 1. The molecule has 7 heteroatoms. The lowest BCUT2D eigenvalue weighted by molar-refractivity contribution is 0.102. The van der Waals surface area contributed by atoms with Crippen molar-refractivity contribution >= 4 is 17.0 Å². The lowest BCUT2D eigenvalue weighted by atomic mass is 10.0. The number of hydrogen-bond donors (Lipinski definition) is 1. The van der Waals surface area contributed by atoms with Gasteiger partial charge in [-0.1, -0.05) is 41.4 Å². The van der Waals surface area contributed by atoms with Gasteiger partial charge in [0.15, 0.2) is 5.75 Å². The summed E-state index contributed by atoms with van der Waals surface area (Å²) in [6.07, 6.45) is 5.74. The molecular weight excluding hydrogens is 349 g/mol. The number of aromatic hydroxyl groups is 1. The molecule has 27 heavy (non-hydrogen) atoms. The molecule has 1 unspecified atom stereocenters. The first-order valence-corrected chi connectivity index (χ1v) is 8.03. The largest absolute Gasteiger partial charge is 0.505 e. The summed E-state index contributed by atoms with van der Waals surface area (Å²) in [4.78, 5) is 17.4. The van der Waals surface area contributed by atoms with Gasteiger partial charge in [0.1, 0.15) is 17.1 Å². The Bertz CT molecular complexity index is 1150. The molecular formula is C20H16FN3O3. The summed E-state index contributed by atoms with van der Waals surface area (Å²) in [6, 6.07) is 9.71. The molecule has 0 saturated heterocycles. The van der Waals surface area contributed by atoms with Crippen molar-refractivity contribution in [2.75, 3.05) is 0 Å². The zero-order chi connectivity index (χ0) is 19.6. The number of aryl methyl sites for hydroxylation is 2. The minimum Gasteiger partial charge on any atom is -0.505 e. The minimum atomic E-state index is -0.902. The fraction of sp³-hybridized carbons (Fsp3) is 0.150. The summed E-state index contributed by atoms with van der Waals surface area (Å²) < 4.78 is 15.1. The highest BCUT2D eigenvalue weighted by molar-refractivity contribution is 5.87. The Kier molecular flexibility index (Phi) is 4.90. The summed E-state index contributed by atoms with van der Waals surface area (Å²) >= 11 is 0. The third kappa shape index (κ3) is 3.37. The van der Waals surface area contributed by atoms with Crippen LogP contribution < -0.4 is 5.56 Å². The summed E-state index contributed by atoms with van der Waals surface area (Å²) in [6.45, 7) is 1.56. The smallest absolute Gasteiger partial charge is 0.279 e. The van der Waals surface area contributed by atoms with Crippen molar-refractivity contribution in [2.45, 2.75) is 13.0 Å². The zero-order valence-electron chi connectivity index (χ0n) is 14.7. The Morgan fingerprint density at radius 1 is 1.33 bits per heavy atom. The monoisotopic (exact) mass is 365 g/mol. The summed E-state index contributed by atoms with van der Waals surface area (Å²) in [5.41, 5.74) is 0.242. The summed E-state index contributed by atoms with van der Waals surface area (Å²) in [5, 5.41) is 18.7. The lowest BCUT2D eigenvalue weighted by Gasteiger charge is -2.12. The molecule has 6 nitrogen and oxygen atoms in total. The van der Waals surface area contributed by atoms with Gasteiger partial charge in [-0.15, -0.1) is 6.42 Å². The van der Waals surface area contributed by atoms with Crippen molar-refractivity contribution < 1.29 is 14.3 Å². The number of rotatable bonds is 4. The van der Waals surface area contributed by atoms with E-state index in [1.54, 1.807) is 31.2 Å². The topological polar surface area (TPSA) is 76.7 Å². The van der Waals surface area contributed by atoms with E-state index in [2.05, 4.69) is 16.2 Å². The van der Waals surface area contributed by atoms with Crippen LogP contribution in [0.15, 0.2) is 46.3 Å². The van der Waals surface area contributed by atoms with Crippen LogP contribution in [0.3, 0.4) is 0 Å². The molecule has 136 valence electrons. The van der Waals surface area contributed by atoms with E-state index in [9.17, 15) is 14.3 Å². The first-order chi connectivity index (χ1) is 12.9. The molecule has 1 N–H and O–H groups in total. The zero-order valence-corrected chi connectivity index (χ0v) is 14.7. The van der Waals surface area contributed by atoms with Gasteiger partial charge in [-0.3, -0.25) is 4.79 Å². The third-order valence-electron chi connectivity index (χ3n) is 4.11. The third-order valence-corrected chi connectivity index (χ3v) is 4.11. The number of terminal acetylenes is 1. The summed E-state index contributed by atoms with van der Waals surface area (Å²) in [7, 11) is 1.46. The molecule has 0 saturated carbocycles. The maximum atomic E-state index is 14.0. The highest BCUT2D eigenvalue weighted by Crippen LogP contribution is 2.28. The molecule has 0 fully saturated rings. The molecule has 0 aliphatic carbocycles. The van der Waals surface area contributed by atoms with Gasteiger partial charge in [0, 0.05) is 18.0 Å². The average molecular weight is 365 g/mol. The molecule has 0 amide bonds. The average Bonchev–Trinajstić information content (AvgIpc) is 2.67. The van der Waals surface area contributed by atoms with Crippen LogP contribution in [-0.2, 0) is 11.9 Å². The predicted molar refractivity (Wildman–Crippen MR) is 100 cm³/mol. The quantitative estimate of drug-likeness (QED) is 0.438. The molecule has 2 aromatic carbocycles. The first-order valence-electron chi connectivity index (χ1n) is 8.03. The van der Waals surface area contributed by atoms with Crippen molar-refractivity contribution in [2.24, 2.45) is 12.2 Å². The SMILES string of the molecule is C#CC(O/N=C\c1c(O)c(C)nn(C)c1=O)c1ccc(F)c2ccccc12. The maximum absolute atomic E-state index is 14.0. The highest BCUT2D eigenvalue weighted by Gasteiger charge is 2.16. The van der Waals surface area contributed by atoms with E-state index in [0.29, 0.717) is 16.3 Å². The standard InChI is InChI=1S/C20H16FN3O3/c1-4-18(15-9-10-17(21)14-8-6-5-7-13(14)15)27-22-11-16-19(25)12(2)23-24(3)20(16)26/h1,5-11,18,25H,2-3H3/b22-11-. The number of nitrogens with zero attached hydrogens (tertiary/aromatic N) is 3. The van der Waals surface area contributed by atoms with Gasteiger partial charge in [0.25, 0.3) is 5.56 Å². The summed E-state index contributed by atoms with van der Waals surface area (Å²) in [5.74, 6) is 1.80. The van der Waals surface area contributed by atoms with Crippen LogP contribution in [-0.4, -0.2) is 21.1 Å². The molecule has 1 atom stereocenters. The van der Waals surface area contributed by atoms with E-state index in [1.165, 1.54) is 19.2 Å². The fourth-order valence-electron chi connectivity index (χ4n) is 2.74. The second kappa shape index (κ2) is 7.30. The van der Waals surface area contributed by atoms with Crippen LogP contribution >= 0.6 is 0 Å². The normalized spacial score (nSPS) is 12.2. The Labute approximate surface area is 154 Å². The number of benzene rings is 2. The molecule has 0 spiro atoms. The Balaban J connectivity index is 1.95.